The van der Waals surface area contributed by atoms with Gasteiger partial charge in [-0.25, -0.2) is 0 Å². The molecule has 8 heteroatoms. The number of hydrogen-bond donors (Lipinski definition) is 1. The van der Waals surface area contributed by atoms with E-state index < -0.39 is 28.4 Å². The summed E-state index contributed by atoms with van der Waals surface area (Å²) < 4.78 is 13.5. The molecule has 0 aliphatic carbocycles. The Hall–Kier alpha value is -1.54. The summed E-state index contributed by atoms with van der Waals surface area (Å²) in [5, 5.41) is 10.0. The maximum absolute atomic E-state index is 12.5. The van der Waals surface area contributed by atoms with Gasteiger partial charge in [0.2, 0.25) is 5.75 Å². The Morgan fingerprint density at radius 3 is 2.62 bits per heavy atom. The van der Waals surface area contributed by atoms with E-state index in [4.69, 9.17) is 0 Å². The number of nitrogens with zero attached hydrogens (tertiary/aromatic N) is 3. The van der Waals surface area contributed by atoms with Crippen LogP contribution in [-0.2, 0) is 11.2 Å². The van der Waals surface area contributed by atoms with Gasteiger partial charge >= 0.3 is 10.7 Å². The number of amides is 1. The fourth-order valence-electron chi connectivity index (χ4n) is 2.44. The first-order valence-corrected chi connectivity index (χ1v) is 8.16. The minimum atomic E-state index is -1.49. The average molecular weight is 313 g/mol. The highest BCUT2D eigenvalue weighted by molar-refractivity contribution is 7.91. The minimum absolute atomic E-state index is 0.0551. The van der Waals surface area contributed by atoms with Crippen LogP contribution in [0, 0.1) is 0 Å². The van der Waals surface area contributed by atoms with E-state index in [0.717, 1.165) is 0 Å². The molecular weight excluding hydrogens is 294 g/mol. The highest BCUT2D eigenvalue weighted by Crippen LogP contribution is 2.29. The zero-order valence-electron chi connectivity index (χ0n) is 12.5. The molecule has 21 heavy (non-hydrogen) atoms. The molecule has 0 radical (unpaired) electrons. The maximum atomic E-state index is 12.5. The third kappa shape index (κ3) is 2.53. The Balaban J connectivity index is 2.73. The zero-order chi connectivity index (χ0) is 15.9. The number of carbonyl (C=O) groups excluding carboxylic acids is 1. The van der Waals surface area contributed by atoms with Gasteiger partial charge in [-0.1, -0.05) is 0 Å². The average Bonchev–Trinajstić information content (AvgIpc) is 2.44. The Bertz CT molecular complexity index is 629. The third-order valence-corrected chi connectivity index (χ3v) is 4.74. The molecule has 1 aliphatic rings. The van der Waals surface area contributed by atoms with Crippen LogP contribution in [0.3, 0.4) is 0 Å². The molecule has 116 valence electrons. The van der Waals surface area contributed by atoms with Gasteiger partial charge in [0.25, 0.3) is 5.91 Å². The van der Waals surface area contributed by atoms with Crippen molar-refractivity contribution in [2.45, 2.75) is 44.9 Å². The molecular formula is C13H19N3O4S. The van der Waals surface area contributed by atoms with Gasteiger partial charge in [0, 0.05) is 23.8 Å². The molecule has 2 rings (SSSR count). The largest absolute Gasteiger partial charge is 0.609 e. The molecule has 1 N–H and O–H groups in total. The summed E-state index contributed by atoms with van der Waals surface area (Å²) in [5.41, 5.74) is -1.02. The monoisotopic (exact) mass is 313 g/mol. The number of fused-ring (bicyclic) bond motifs is 1. The molecule has 1 amide bonds. The summed E-state index contributed by atoms with van der Waals surface area (Å²) in [6.07, 6.45) is 0. The van der Waals surface area contributed by atoms with Crippen LogP contribution in [0.1, 0.15) is 44.2 Å². The molecule has 0 saturated heterocycles. The van der Waals surface area contributed by atoms with Crippen molar-refractivity contribution >= 4 is 17.1 Å². The molecule has 7 nitrogen and oxygen atoms in total. The second kappa shape index (κ2) is 5.69. The van der Waals surface area contributed by atoms with Crippen LogP contribution >= 0.6 is 0 Å². The summed E-state index contributed by atoms with van der Waals surface area (Å²) in [5.74, 6) is -0.825. The second-order valence-corrected chi connectivity index (χ2v) is 6.93. The van der Waals surface area contributed by atoms with Gasteiger partial charge in [-0.05, 0) is 27.7 Å². The number of aromatic hydroxyl groups is 1. The summed E-state index contributed by atoms with van der Waals surface area (Å²) >= 11 is -1.49. The topological polar surface area (TPSA) is 98.5 Å². The molecule has 1 aromatic rings. The van der Waals surface area contributed by atoms with Crippen molar-refractivity contribution < 1.29 is 14.5 Å². The number of carbonyl (C=O) groups is 1. The molecule has 1 unspecified atom stereocenters. The van der Waals surface area contributed by atoms with Crippen LogP contribution < -0.4 is 5.56 Å². The van der Waals surface area contributed by atoms with E-state index in [-0.39, 0.29) is 28.7 Å². The molecule has 1 aromatic heterocycles. The van der Waals surface area contributed by atoms with Crippen LogP contribution in [0.25, 0.3) is 0 Å². The number of aromatic nitrogens is 2. The molecule has 2 atom stereocenters. The third-order valence-electron chi connectivity index (χ3n) is 3.53. The molecule has 1 aliphatic heterocycles. The van der Waals surface area contributed by atoms with Crippen molar-refractivity contribution in [1.29, 1.82) is 0 Å². The van der Waals surface area contributed by atoms with Gasteiger partial charge in [-0.2, -0.15) is 0 Å². The fraction of sp³-hybridized carbons (Fsp3) is 0.615. The second-order valence-electron chi connectivity index (χ2n) is 5.30. The predicted molar refractivity (Wildman–Crippen MR) is 78.0 cm³/mol. The highest BCUT2D eigenvalue weighted by Gasteiger charge is 2.38. The SMILES string of the molecule is CC[S+]([O-])c1nc(=O)c(O)c2n1[C@@H](C)CN(C(C)C)C2=O. The number of rotatable bonds is 3. The van der Waals surface area contributed by atoms with Gasteiger partial charge in [-0.15, -0.1) is 4.98 Å². The highest BCUT2D eigenvalue weighted by atomic mass is 32.2. The Labute approximate surface area is 125 Å². The zero-order valence-corrected chi connectivity index (χ0v) is 13.3. The normalized spacial score (nSPS) is 19.8. The van der Waals surface area contributed by atoms with Crippen LogP contribution in [0.5, 0.6) is 5.75 Å². The van der Waals surface area contributed by atoms with Crippen molar-refractivity contribution in [3.05, 3.63) is 16.0 Å². The first-order chi connectivity index (χ1) is 9.79. The lowest BCUT2D eigenvalue weighted by molar-refractivity contribution is 0.0595. The molecule has 0 aromatic carbocycles. The van der Waals surface area contributed by atoms with Gasteiger partial charge in [-0.3, -0.25) is 14.2 Å². The molecule has 0 saturated carbocycles. The molecule has 2 heterocycles. The van der Waals surface area contributed by atoms with Gasteiger partial charge < -0.3 is 14.6 Å². The Kier molecular flexibility index (Phi) is 4.29. The summed E-state index contributed by atoms with van der Waals surface area (Å²) in [4.78, 5) is 29.6. The lowest BCUT2D eigenvalue weighted by Crippen LogP contribution is -2.48. The Morgan fingerprint density at radius 1 is 1.48 bits per heavy atom. The van der Waals surface area contributed by atoms with Gasteiger partial charge in [0.15, 0.2) is 5.69 Å². The van der Waals surface area contributed by atoms with Gasteiger partial charge in [0.05, 0.1) is 6.04 Å². The van der Waals surface area contributed by atoms with Crippen molar-refractivity contribution in [2.24, 2.45) is 0 Å². The first kappa shape index (κ1) is 15.8. The van der Waals surface area contributed by atoms with Crippen LogP contribution in [0.15, 0.2) is 9.95 Å². The fourth-order valence-corrected chi connectivity index (χ4v) is 3.37. The standard InChI is InChI=1S/C13H19N3O4S/c1-5-21(20)13-14-11(18)10(17)9-12(19)15(7(2)3)6-8(4)16(9)13/h7-8,17H,5-6H2,1-4H3/t8-,21?/m0/s1. The van der Waals surface area contributed by atoms with E-state index in [9.17, 15) is 19.2 Å². The van der Waals surface area contributed by atoms with Gasteiger partial charge in [0.1, 0.15) is 5.75 Å². The van der Waals surface area contributed by atoms with Crippen LogP contribution in [-0.4, -0.2) is 48.4 Å². The van der Waals surface area contributed by atoms with E-state index in [1.54, 1.807) is 11.8 Å². The van der Waals surface area contributed by atoms with Crippen molar-refractivity contribution in [1.82, 2.24) is 14.5 Å². The lowest BCUT2D eigenvalue weighted by atomic mass is 10.1. The molecule has 0 fully saturated rings. The lowest BCUT2D eigenvalue weighted by Gasteiger charge is -2.37. The van der Waals surface area contributed by atoms with E-state index in [2.05, 4.69) is 4.98 Å². The molecule has 0 bridgehead atoms. The predicted octanol–water partition coefficient (Wildman–Crippen LogP) is 0.502. The van der Waals surface area contributed by atoms with Crippen molar-refractivity contribution in [2.75, 3.05) is 12.3 Å². The van der Waals surface area contributed by atoms with Crippen molar-refractivity contribution in [3.63, 3.8) is 0 Å². The first-order valence-electron chi connectivity index (χ1n) is 6.84. The van der Waals surface area contributed by atoms with E-state index >= 15 is 0 Å². The smallest absolute Gasteiger partial charge is 0.327 e. The Morgan fingerprint density at radius 2 is 2.10 bits per heavy atom. The quantitative estimate of drug-likeness (QED) is 0.647. The summed E-state index contributed by atoms with van der Waals surface area (Å²) in [6.45, 7) is 7.69. The number of hydrogen-bond acceptors (Lipinski definition) is 5. The minimum Gasteiger partial charge on any atom is -0.609 e. The van der Waals surface area contributed by atoms with Crippen molar-refractivity contribution in [3.8, 4) is 5.75 Å². The molecule has 0 spiro atoms. The summed E-state index contributed by atoms with van der Waals surface area (Å²) in [7, 11) is 0. The summed E-state index contributed by atoms with van der Waals surface area (Å²) in [6, 6.07) is -0.277. The maximum Gasteiger partial charge on any atom is 0.327 e. The van der Waals surface area contributed by atoms with E-state index in [0.29, 0.717) is 6.54 Å². The van der Waals surface area contributed by atoms with E-state index in [1.807, 2.05) is 20.8 Å². The van der Waals surface area contributed by atoms with Crippen LogP contribution in [0.4, 0.5) is 0 Å². The van der Waals surface area contributed by atoms with Crippen LogP contribution in [0.2, 0.25) is 0 Å². The van der Waals surface area contributed by atoms with E-state index in [1.165, 1.54) is 4.57 Å².